The molecule has 1 aromatic rings. The van der Waals surface area contributed by atoms with Crippen molar-refractivity contribution < 1.29 is 4.79 Å². The molecule has 0 saturated carbocycles. The second-order valence-corrected chi connectivity index (χ2v) is 5.63. The molecule has 1 rings (SSSR count). The summed E-state index contributed by atoms with van der Waals surface area (Å²) < 4.78 is 0. The van der Waals surface area contributed by atoms with Crippen LogP contribution >= 0.6 is 11.8 Å². The number of unbranched alkanes of at least 4 members (excludes halogenated alkanes) is 1. The summed E-state index contributed by atoms with van der Waals surface area (Å²) in [6, 6.07) is 7.93. The minimum Gasteiger partial charge on any atom is -0.325 e. The monoisotopic (exact) mass is 294 g/mol. The molecule has 20 heavy (non-hydrogen) atoms. The smallest absolute Gasteiger partial charge is 0.225 e. The fourth-order valence-electron chi connectivity index (χ4n) is 2.03. The van der Waals surface area contributed by atoms with E-state index < -0.39 is 0 Å². The van der Waals surface area contributed by atoms with Gasteiger partial charge in [0.25, 0.3) is 0 Å². The third-order valence-corrected chi connectivity index (χ3v) is 4.11. The molecule has 0 fully saturated rings. The lowest BCUT2D eigenvalue weighted by molar-refractivity contribution is -0.116. The number of nitrogens with one attached hydrogen (secondary N) is 1. The summed E-state index contributed by atoms with van der Waals surface area (Å²) >= 11 is 1.65. The minimum atomic E-state index is 0.0986. The Hall–Kier alpha value is -1.00. The number of thioether (sulfide) groups is 1. The van der Waals surface area contributed by atoms with Crippen LogP contribution in [-0.4, -0.2) is 36.7 Å². The third kappa shape index (κ3) is 5.97. The molecule has 1 amide bonds. The molecular weight excluding hydrogens is 268 g/mol. The van der Waals surface area contributed by atoms with Gasteiger partial charge in [-0.3, -0.25) is 4.79 Å². The average molecular weight is 294 g/mol. The molecule has 112 valence electrons. The van der Waals surface area contributed by atoms with Gasteiger partial charge in [-0.05, 0) is 37.9 Å². The van der Waals surface area contributed by atoms with E-state index in [1.54, 1.807) is 11.8 Å². The number of hydrogen-bond acceptors (Lipinski definition) is 3. The zero-order chi connectivity index (χ0) is 14.8. The lowest BCUT2D eigenvalue weighted by atomic mass is 10.2. The van der Waals surface area contributed by atoms with Gasteiger partial charge in [-0.2, -0.15) is 0 Å². The molecule has 0 saturated heterocycles. The molecule has 0 atom stereocenters. The number of benzene rings is 1. The molecule has 0 heterocycles. The van der Waals surface area contributed by atoms with Crippen LogP contribution in [0.2, 0.25) is 0 Å². The number of para-hydroxylation sites is 1. The Kier molecular flexibility index (Phi) is 8.38. The van der Waals surface area contributed by atoms with Gasteiger partial charge < -0.3 is 10.2 Å². The number of carbonyl (C=O) groups excluding carboxylic acids is 1. The van der Waals surface area contributed by atoms with Gasteiger partial charge in [-0.25, -0.2) is 0 Å². The average Bonchev–Trinajstić information content (AvgIpc) is 2.48. The van der Waals surface area contributed by atoms with Crippen molar-refractivity contribution in [1.29, 1.82) is 0 Å². The van der Waals surface area contributed by atoms with Gasteiger partial charge >= 0.3 is 0 Å². The fraction of sp³-hybridized carbons (Fsp3) is 0.562. The first-order chi connectivity index (χ1) is 9.71. The highest BCUT2D eigenvalue weighted by molar-refractivity contribution is 7.98. The van der Waals surface area contributed by atoms with E-state index >= 15 is 0 Å². The van der Waals surface area contributed by atoms with E-state index in [1.807, 2.05) is 30.5 Å². The lowest BCUT2D eigenvalue weighted by Crippen LogP contribution is -2.28. The van der Waals surface area contributed by atoms with Crippen molar-refractivity contribution in [1.82, 2.24) is 4.90 Å². The van der Waals surface area contributed by atoms with Gasteiger partial charge in [-0.15, -0.1) is 11.8 Å². The summed E-state index contributed by atoms with van der Waals surface area (Å²) in [5, 5.41) is 3.01. The maximum absolute atomic E-state index is 12.0. The number of amides is 1. The van der Waals surface area contributed by atoms with Crippen LogP contribution < -0.4 is 5.32 Å². The predicted octanol–water partition coefficient (Wildman–Crippen LogP) is 3.86. The first-order valence-corrected chi connectivity index (χ1v) is 8.59. The Morgan fingerprint density at radius 2 is 2.00 bits per heavy atom. The molecule has 0 spiro atoms. The molecule has 0 aliphatic rings. The van der Waals surface area contributed by atoms with E-state index in [2.05, 4.69) is 24.1 Å². The Labute approximate surface area is 127 Å². The summed E-state index contributed by atoms with van der Waals surface area (Å²) in [5.41, 5.74) is 0.918. The highest BCUT2D eigenvalue weighted by Crippen LogP contribution is 2.24. The number of rotatable bonds is 9. The van der Waals surface area contributed by atoms with Crippen LogP contribution in [0.4, 0.5) is 5.69 Å². The minimum absolute atomic E-state index is 0.0986. The van der Waals surface area contributed by atoms with Crippen LogP contribution in [0.5, 0.6) is 0 Å². The van der Waals surface area contributed by atoms with Crippen LogP contribution in [0.15, 0.2) is 29.2 Å². The molecule has 0 aromatic heterocycles. The number of carbonyl (C=O) groups is 1. The van der Waals surface area contributed by atoms with Crippen LogP contribution in [0, 0.1) is 0 Å². The SMILES string of the molecule is CCCCN(CC)CCC(=O)Nc1ccccc1SC. The van der Waals surface area contributed by atoms with Crippen molar-refractivity contribution in [3.05, 3.63) is 24.3 Å². The molecule has 4 heteroatoms. The van der Waals surface area contributed by atoms with E-state index in [4.69, 9.17) is 0 Å². The molecule has 0 aliphatic heterocycles. The second kappa shape index (κ2) is 9.83. The Morgan fingerprint density at radius 1 is 1.25 bits per heavy atom. The summed E-state index contributed by atoms with van der Waals surface area (Å²) in [5.74, 6) is 0.0986. The fourth-order valence-corrected chi connectivity index (χ4v) is 2.58. The Bertz CT molecular complexity index is 409. The van der Waals surface area contributed by atoms with Crippen molar-refractivity contribution in [3.8, 4) is 0 Å². The largest absolute Gasteiger partial charge is 0.325 e. The summed E-state index contributed by atoms with van der Waals surface area (Å²) in [4.78, 5) is 15.5. The van der Waals surface area contributed by atoms with E-state index in [9.17, 15) is 4.79 Å². The summed E-state index contributed by atoms with van der Waals surface area (Å²) in [6.45, 7) is 7.27. The van der Waals surface area contributed by atoms with Crippen molar-refractivity contribution >= 4 is 23.4 Å². The van der Waals surface area contributed by atoms with Gasteiger partial charge in [-0.1, -0.05) is 32.4 Å². The third-order valence-electron chi connectivity index (χ3n) is 3.31. The highest BCUT2D eigenvalue weighted by atomic mass is 32.2. The zero-order valence-electron chi connectivity index (χ0n) is 12.8. The molecule has 0 unspecified atom stereocenters. The zero-order valence-corrected chi connectivity index (χ0v) is 13.6. The van der Waals surface area contributed by atoms with Crippen molar-refractivity contribution in [3.63, 3.8) is 0 Å². The van der Waals surface area contributed by atoms with Crippen molar-refractivity contribution in [2.75, 3.05) is 31.2 Å². The maximum Gasteiger partial charge on any atom is 0.225 e. The van der Waals surface area contributed by atoms with Gasteiger partial charge in [0.15, 0.2) is 0 Å². The van der Waals surface area contributed by atoms with Crippen LogP contribution in [0.25, 0.3) is 0 Å². The molecule has 1 aromatic carbocycles. The standard InChI is InChI=1S/C16H26N2OS/c1-4-6-12-18(5-2)13-11-16(19)17-14-9-7-8-10-15(14)20-3/h7-10H,4-6,11-13H2,1-3H3,(H,17,19). The maximum atomic E-state index is 12.0. The number of hydrogen-bond donors (Lipinski definition) is 1. The quantitative estimate of drug-likeness (QED) is 0.702. The van der Waals surface area contributed by atoms with Crippen LogP contribution in [-0.2, 0) is 4.79 Å². The number of nitrogens with zero attached hydrogens (tertiary/aromatic N) is 1. The molecule has 3 nitrogen and oxygen atoms in total. The molecule has 1 N–H and O–H groups in total. The normalized spacial score (nSPS) is 10.8. The topological polar surface area (TPSA) is 32.3 Å². The van der Waals surface area contributed by atoms with Crippen LogP contribution in [0.1, 0.15) is 33.1 Å². The Morgan fingerprint density at radius 3 is 2.65 bits per heavy atom. The second-order valence-electron chi connectivity index (χ2n) is 4.79. The first kappa shape index (κ1) is 17.1. The van der Waals surface area contributed by atoms with Crippen molar-refractivity contribution in [2.24, 2.45) is 0 Å². The van der Waals surface area contributed by atoms with E-state index in [1.165, 1.54) is 12.8 Å². The lowest BCUT2D eigenvalue weighted by Gasteiger charge is -2.19. The highest BCUT2D eigenvalue weighted by Gasteiger charge is 2.08. The Balaban J connectivity index is 2.43. The molecular formula is C16H26N2OS. The van der Waals surface area contributed by atoms with E-state index in [0.29, 0.717) is 6.42 Å². The first-order valence-electron chi connectivity index (χ1n) is 7.36. The van der Waals surface area contributed by atoms with Gasteiger partial charge in [0.1, 0.15) is 0 Å². The molecule has 0 aliphatic carbocycles. The van der Waals surface area contributed by atoms with Gasteiger partial charge in [0.2, 0.25) is 5.91 Å². The predicted molar refractivity (Wildman–Crippen MR) is 88.5 cm³/mol. The molecule has 0 bridgehead atoms. The van der Waals surface area contributed by atoms with Gasteiger partial charge in [0.05, 0.1) is 5.69 Å². The van der Waals surface area contributed by atoms with E-state index in [0.717, 1.165) is 30.2 Å². The van der Waals surface area contributed by atoms with Gasteiger partial charge in [0, 0.05) is 17.9 Å². The molecule has 0 radical (unpaired) electrons. The number of anilines is 1. The van der Waals surface area contributed by atoms with Crippen molar-refractivity contribution in [2.45, 2.75) is 38.0 Å². The van der Waals surface area contributed by atoms with Crippen LogP contribution in [0.3, 0.4) is 0 Å². The van der Waals surface area contributed by atoms with E-state index in [-0.39, 0.29) is 5.91 Å². The summed E-state index contributed by atoms with van der Waals surface area (Å²) in [7, 11) is 0. The summed E-state index contributed by atoms with van der Waals surface area (Å²) in [6.07, 6.45) is 4.98.